The number of carboxylic acid groups (broad SMARTS) is 1. The van der Waals surface area contributed by atoms with Gasteiger partial charge in [-0.05, 0) is 18.2 Å². The zero-order valence-corrected chi connectivity index (χ0v) is 13.2. The third kappa shape index (κ3) is 3.51. The highest BCUT2D eigenvalue weighted by molar-refractivity contribution is 6.31. The molecule has 1 amide bonds. The number of halogens is 1. The van der Waals surface area contributed by atoms with Crippen LogP contribution in [0.15, 0.2) is 18.2 Å². The van der Waals surface area contributed by atoms with Crippen LogP contribution in [0.3, 0.4) is 0 Å². The van der Waals surface area contributed by atoms with E-state index >= 15 is 0 Å². The number of benzene rings is 1. The monoisotopic (exact) mass is 340 g/mol. The fourth-order valence-corrected chi connectivity index (χ4v) is 2.87. The van der Waals surface area contributed by atoms with E-state index in [9.17, 15) is 9.59 Å². The van der Waals surface area contributed by atoms with Gasteiger partial charge in [0.2, 0.25) is 5.91 Å². The molecule has 1 aromatic rings. The zero-order valence-electron chi connectivity index (χ0n) is 12.4. The van der Waals surface area contributed by atoms with Crippen molar-refractivity contribution < 1.29 is 24.2 Å². The van der Waals surface area contributed by atoms with Gasteiger partial charge in [0.25, 0.3) is 0 Å². The fourth-order valence-electron chi connectivity index (χ4n) is 2.70. The molecular weight excluding hydrogens is 324 g/mol. The Morgan fingerprint density at radius 2 is 2.13 bits per heavy atom. The van der Waals surface area contributed by atoms with Gasteiger partial charge in [-0.3, -0.25) is 4.79 Å². The lowest BCUT2D eigenvalue weighted by atomic mass is 10.2. The molecule has 1 saturated heterocycles. The number of aliphatic carboxylic acids is 1. The number of carbonyl (C=O) groups excluding carboxylic acids is 1. The Bertz CT molecular complexity index is 624. The predicted molar refractivity (Wildman–Crippen MR) is 83.1 cm³/mol. The first-order valence-electron chi connectivity index (χ1n) is 7.34. The number of hydrogen-bond acceptors (Lipinski definition) is 5. The topological polar surface area (TPSA) is 79.3 Å². The van der Waals surface area contributed by atoms with Gasteiger partial charge in [-0.15, -0.1) is 0 Å². The molecule has 0 saturated carbocycles. The van der Waals surface area contributed by atoms with E-state index in [-0.39, 0.29) is 25.6 Å². The molecule has 2 heterocycles. The van der Waals surface area contributed by atoms with Gasteiger partial charge < -0.3 is 24.4 Å². The van der Waals surface area contributed by atoms with E-state index in [1.807, 2.05) is 4.90 Å². The Kier molecular flexibility index (Phi) is 4.58. The van der Waals surface area contributed by atoms with Gasteiger partial charge in [-0.2, -0.15) is 0 Å². The van der Waals surface area contributed by atoms with Crippen LogP contribution >= 0.6 is 11.6 Å². The van der Waals surface area contributed by atoms with Gasteiger partial charge in [0.05, 0.1) is 31.9 Å². The zero-order chi connectivity index (χ0) is 16.4. The molecule has 2 aliphatic heterocycles. The second-order valence-electron chi connectivity index (χ2n) is 5.42. The molecule has 0 aliphatic carbocycles. The quantitative estimate of drug-likeness (QED) is 0.879. The molecule has 0 aromatic heterocycles. The molecule has 8 heteroatoms. The lowest BCUT2D eigenvalue weighted by Crippen LogP contribution is -2.51. The predicted octanol–water partition coefficient (Wildman–Crippen LogP) is 0.851. The highest BCUT2D eigenvalue weighted by atomic mass is 35.5. The molecule has 0 radical (unpaired) electrons. The number of morpholine rings is 1. The van der Waals surface area contributed by atoms with Crippen molar-refractivity contribution in [3.8, 4) is 5.75 Å². The van der Waals surface area contributed by atoms with E-state index in [1.54, 1.807) is 18.2 Å². The summed E-state index contributed by atoms with van der Waals surface area (Å²) in [5.74, 6) is -0.489. The van der Waals surface area contributed by atoms with Crippen LogP contribution in [0.1, 0.15) is 0 Å². The van der Waals surface area contributed by atoms with Gasteiger partial charge >= 0.3 is 5.97 Å². The molecule has 0 bridgehead atoms. The van der Waals surface area contributed by atoms with Crippen LogP contribution in [0.5, 0.6) is 5.75 Å². The first-order valence-corrected chi connectivity index (χ1v) is 7.72. The van der Waals surface area contributed by atoms with Gasteiger partial charge in [0, 0.05) is 11.6 Å². The summed E-state index contributed by atoms with van der Waals surface area (Å²) in [6, 6.07) is 5.29. The molecule has 1 N–H and O–H groups in total. The maximum Gasteiger partial charge on any atom is 0.334 e. The molecule has 124 valence electrons. The van der Waals surface area contributed by atoms with Crippen LogP contribution in [0.4, 0.5) is 5.69 Å². The summed E-state index contributed by atoms with van der Waals surface area (Å²) in [6.07, 6.45) is -0.959. The van der Waals surface area contributed by atoms with Crippen LogP contribution in [0, 0.1) is 0 Å². The number of amides is 1. The summed E-state index contributed by atoms with van der Waals surface area (Å²) in [6.45, 7) is 1.92. The summed E-state index contributed by atoms with van der Waals surface area (Å²) < 4.78 is 10.7. The van der Waals surface area contributed by atoms with Crippen LogP contribution in [0.25, 0.3) is 0 Å². The van der Waals surface area contributed by atoms with Gasteiger partial charge in [-0.25, -0.2) is 4.79 Å². The standard InChI is InChI=1S/C15H17ClN2O5/c16-10-1-2-12-11(7-10)17(3-5-22-12)9-14(19)18-4-6-23-13(8-18)15(20)21/h1-2,7,13H,3-6,8-9H2,(H,20,21)/t13-/m1/s1. The Morgan fingerprint density at radius 3 is 2.91 bits per heavy atom. The van der Waals surface area contributed by atoms with Crippen molar-refractivity contribution in [2.45, 2.75) is 6.10 Å². The van der Waals surface area contributed by atoms with E-state index in [1.165, 1.54) is 4.90 Å². The maximum atomic E-state index is 12.5. The summed E-state index contributed by atoms with van der Waals surface area (Å²) in [5.41, 5.74) is 0.778. The van der Waals surface area contributed by atoms with Crippen LogP contribution in [0.2, 0.25) is 5.02 Å². The first kappa shape index (κ1) is 15.9. The number of nitrogens with zero attached hydrogens (tertiary/aromatic N) is 2. The van der Waals surface area contributed by atoms with Crippen molar-refractivity contribution in [3.63, 3.8) is 0 Å². The van der Waals surface area contributed by atoms with E-state index < -0.39 is 12.1 Å². The van der Waals surface area contributed by atoms with Crippen molar-refractivity contribution in [1.29, 1.82) is 0 Å². The number of carbonyl (C=O) groups is 2. The summed E-state index contributed by atoms with van der Waals surface area (Å²) in [7, 11) is 0. The largest absolute Gasteiger partial charge is 0.490 e. The van der Waals surface area contributed by atoms with Crippen LogP contribution in [-0.2, 0) is 14.3 Å². The lowest BCUT2D eigenvalue weighted by molar-refractivity contribution is -0.159. The van der Waals surface area contributed by atoms with Gasteiger partial charge in [0.1, 0.15) is 12.4 Å². The molecule has 1 aromatic carbocycles. The molecule has 0 spiro atoms. The van der Waals surface area contributed by atoms with Crippen LogP contribution in [-0.4, -0.2) is 67.4 Å². The van der Waals surface area contributed by atoms with Crippen molar-refractivity contribution in [2.24, 2.45) is 0 Å². The number of hydrogen-bond donors (Lipinski definition) is 1. The minimum atomic E-state index is -1.05. The highest BCUT2D eigenvalue weighted by Gasteiger charge is 2.30. The number of fused-ring (bicyclic) bond motifs is 1. The second-order valence-corrected chi connectivity index (χ2v) is 5.86. The second kappa shape index (κ2) is 6.64. The molecule has 0 unspecified atom stereocenters. The van der Waals surface area contributed by atoms with Crippen molar-refractivity contribution in [1.82, 2.24) is 4.90 Å². The van der Waals surface area contributed by atoms with Gasteiger partial charge in [0.15, 0.2) is 6.10 Å². The SMILES string of the molecule is O=C(O)[C@H]1CN(C(=O)CN2CCOc3ccc(Cl)cc32)CCO1. The van der Waals surface area contributed by atoms with E-state index in [0.717, 1.165) is 5.69 Å². The molecule has 1 atom stereocenters. The average Bonchev–Trinajstić information content (AvgIpc) is 2.55. The van der Waals surface area contributed by atoms with Crippen molar-refractivity contribution in [2.75, 3.05) is 44.3 Å². The van der Waals surface area contributed by atoms with Crippen molar-refractivity contribution >= 4 is 29.2 Å². The molecule has 1 fully saturated rings. The number of ether oxygens (including phenoxy) is 2. The number of rotatable bonds is 3. The first-order chi connectivity index (χ1) is 11.0. The smallest absolute Gasteiger partial charge is 0.334 e. The lowest BCUT2D eigenvalue weighted by Gasteiger charge is -2.35. The Labute approximate surface area is 138 Å². The summed E-state index contributed by atoms with van der Waals surface area (Å²) in [5, 5.41) is 9.59. The van der Waals surface area contributed by atoms with E-state index in [4.69, 9.17) is 26.2 Å². The van der Waals surface area contributed by atoms with E-state index in [2.05, 4.69) is 0 Å². The molecule has 3 rings (SSSR count). The van der Waals surface area contributed by atoms with Gasteiger partial charge in [-0.1, -0.05) is 11.6 Å². The summed E-state index contributed by atoms with van der Waals surface area (Å²) in [4.78, 5) is 26.9. The normalized spacial score (nSPS) is 20.7. The number of carboxylic acids is 1. The molecular formula is C15H17ClN2O5. The molecule has 23 heavy (non-hydrogen) atoms. The van der Waals surface area contributed by atoms with Crippen molar-refractivity contribution in [3.05, 3.63) is 23.2 Å². The highest BCUT2D eigenvalue weighted by Crippen LogP contribution is 2.33. The molecule has 7 nitrogen and oxygen atoms in total. The minimum absolute atomic E-state index is 0.0703. The number of anilines is 1. The fraction of sp³-hybridized carbons (Fsp3) is 0.467. The Hall–Kier alpha value is -1.99. The minimum Gasteiger partial charge on any atom is -0.490 e. The molecule has 2 aliphatic rings. The third-order valence-electron chi connectivity index (χ3n) is 3.90. The summed E-state index contributed by atoms with van der Waals surface area (Å²) >= 11 is 6.02. The average molecular weight is 341 g/mol. The third-order valence-corrected chi connectivity index (χ3v) is 4.14. The Morgan fingerprint density at radius 1 is 1.30 bits per heavy atom. The Balaban J connectivity index is 1.69. The maximum absolute atomic E-state index is 12.5. The van der Waals surface area contributed by atoms with E-state index in [0.29, 0.717) is 30.5 Å². The van der Waals surface area contributed by atoms with Crippen LogP contribution < -0.4 is 9.64 Å².